The topological polar surface area (TPSA) is 21.1 Å². The molecule has 0 atom stereocenters. The van der Waals surface area contributed by atoms with Crippen LogP contribution in [0.15, 0.2) is 12.4 Å². The molecular formula is C16H29N3. The summed E-state index contributed by atoms with van der Waals surface area (Å²) in [6.45, 7) is 9.42. The quantitative estimate of drug-likeness (QED) is 0.702. The molecule has 1 aromatic rings. The molecule has 1 aliphatic rings. The number of likely N-dealkylation sites (tertiary alicyclic amines) is 1. The number of piperidine rings is 1. The van der Waals surface area contributed by atoms with Crippen LogP contribution in [0.4, 0.5) is 0 Å². The lowest BCUT2D eigenvalue weighted by Gasteiger charge is -2.31. The molecule has 0 amide bonds. The number of aromatic nitrogens is 2. The molecule has 0 saturated carbocycles. The van der Waals surface area contributed by atoms with E-state index in [1.807, 2.05) is 6.20 Å². The Hall–Kier alpha value is -0.830. The van der Waals surface area contributed by atoms with Gasteiger partial charge in [-0.25, -0.2) is 0 Å². The van der Waals surface area contributed by atoms with E-state index >= 15 is 0 Å². The number of unbranched alkanes of at least 4 members (excludes halogenated alkanes) is 2. The molecule has 0 unspecified atom stereocenters. The van der Waals surface area contributed by atoms with Crippen molar-refractivity contribution < 1.29 is 0 Å². The zero-order valence-electron chi connectivity index (χ0n) is 12.6. The molecule has 0 bridgehead atoms. The Labute approximate surface area is 118 Å². The molecule has 2 heterocycles. The molecule has 0 spiro atoms. The maximum absolute atomic E-state index is 4.37. The van der Waals surface area contributed by atoms with Crippen LogP contribution in [0.3, 0.4) is 0 Å². The van der Waals surface area contributed by atoms with E-state index in [1.54, 1.807) is 0 Å². The van der Waals surface area contributed by atoms with Crippen molar-refractivity contribution in [2.24, 2.45) is 5.92 Å². The van der Waals surface area contributed by atoms with Gasteiger partial charge in [0.2, 0.25) is 0 Å². The van der Waals surface area contributed by atoms with E-state index in [0.29, 0.717) is 0 Å². The minimum absolute atomic E-state index is 0.909. The van der Waals surface area contributed by atoms with Crippen LogP contribution in [0.1, 0.15) is 51.0 Å². The third-order valence-electron chi connectivity index (χ3n) is 4.31. The standard InChI is InChI=1S/C16H29N3/c1-3-4-5-9-18-10-6-16(7-11-18)8-12-19-14-15(2)13-17-19/h13-14,16H,3-12H2,1-2H3. The highest BCUT2D eigenvalue weighted by Crippen LogP contribution is 2.21. The zero-order valence-corrected chi connectivity index (χ0v) is 12.6. The first-order chi connectivity index (χ1) is 9.28. The maximum atomic E-state index is 4.37. The van der Waals surface area contributed by atoms with Crippen LogP contribution in [0, 0.1) is 12.8 Å². The molecule has 1 aliphatic heterocycles. The highest BCUT2D eigenvalue weighted by molar-refractivity contribution is 4.99. The lowest BCUT2D eigenvalue weighted by atomic mass is 9.93. The van der Waals surface area contributed by atoms with Gasteiger partial charge in [-0.2, -0.15) is 5.10 Å². The summed E-state index contributed by atoms with van der Waals surface area (Å²) in [5.74, 6) is 0.909. The molecule has 0 radical (unpaired) electrons. The second-order valence-electron chi connectivity index (χ2n) is 6.06. The molecular weight excluding hydrogens is 234 g/mol. The van der Waals surface area contributed by atoms with Crippen LogP contribution in [0.2, 0.25) is 0 Å². The van der Waals surface area contributed by atoms with Crippen LogP contribution in [-0.2, 0) is 6.54 Å². The molecule has 3 nitrogen and oxygen atoms in total. The summed E-state index contributed by atoms with van der Waals surface area (Å²) in [7, 11) is 0. The van der Waals surface area contributed by atoms with Crippen LogP contribution >= 0.6 is 0 Å². The molecule has 0 aromatic carbocycles. The van der Waals surface area contributed by atoms with E-state index in [9.17, 15) is 0 Å². The van der Waals surface area contributed by atoms with Crippen LogP contribution < -0.4 is 0 Å². The number of aryl methyl sites for hydroxylation is 2. The summed E-state index contributed by atoms with van der Waals surface area (Å²) in [6.07, 6.45) is 12.3. The third-order valence-corrected chi connectivity index (χ3v) is 4.31. The monoisotopic (exact) mass is 263 g/mol. The van der Waals surface area contributed by atoms with Gasteiger partial charge in [0, 0.05) is 12.7 Å². The van der Waals surface area contributed by atoms with Crippen molar-refractivity contribution >= 4 is 0 Å². The van der Waals surface area contributed by atoms with Crippen LogP contribution in [-0.4, -0.2) is 34.3 Å². The average molecular weight is 263 g/mol. The maximum Gasteiger partial charge on any atom is 0.0518 e. The van der Waals surface area contributed by atoms with E-state index < -0.39 is 0 Å². The fraction of sp³-hybridized carbons (Fsp3) is 0.812. The third kappa shape index (κ3) is 4.98. The first kappa shape index (κ1) is 14.6. The van der Waals surface area contributed by atoms with Crippen molar-refractivity contribution in [3.05, 3.63) is 18.0 Å². The fourth-order valence-electron chi connectivity index (χ4n) is 2.99. The smallest absolute Gasteiger partial charge is 0.0518 e. The summed E-state index contributed by atoms with van der Waals surface area (Å²) in [5.41, 5.74) is 1.27. The predicted molar refractivity (Wildman–Crippen MR) is 80.3 cm³/mol. The summed E-state index contributed by atoms with van der Waals surface area (Å²) in [5, 5.41) is 4.37. The largest absolute Gasteiger partial charge is 0.303 e. The molecule has 1 fully saturated rings. The summed E-state index contributed by atoms with van der Waals surface area (Å²) in [6, 6.07) is 0. The van der Waals surface area contributed by atoms with Crippen molar-refractivity contribution in [1.29, 1.82) is 0 Å². The second kappa shape index (κ2) is 7.68. The minimum atomic E-state index is 0.909. The van der Waals surface area contributed by atoms with E-state index in [-0.39, 0.29) is 0 Å². The Kier molecular flexibility index (Phi) is 5.90. The number of hydrogen-bond acceptors (Lipinski definition) is 2. The first-order valence-electron chi connectivity index (χ1n) is 7.99. The van der Waals surface area contributed by atoms with Crippen LogP contribution in [0.5, 0.6) is 0 Å². The van der Waals surface area contributed by atoms with E-state index in [0.717, 1.165) is 12.5 Å². The van der Waals surface area contributed by atoms with E-state index in [1.165, 1.54) is 63.7 Å². The molecule has 2 rings (SSSR count). The number of rotatable bonds is 7. The zero-order chi connectivity index (χ0) is 13.5. The van der Waals surface area contributed by atoms with Crippen molar-refractivity contribution in [2.75, 3.05) is 19.6 Å². The van der Waals surface area contributed by atoms with Gasteiger partial charge in [0.15, 0.2) is 0 Å². The van der Waals surface area contributed by atoms with Crippen LogP contribution in [0.25, 0.3) is 0 Å². The Morgan fingerprint density at radius 1 is 1.21 bits per heavy atom. The average Bonchev–Trinajstić information content (AvgIpc) is 2.84. The lowest BCUT2D eigenvalue weighted by molar-refractivity contribution is 0.172. The van der Waals surface area contributed by atoms with Gasteiger partial charge in [0.1, 0.15) is 0 Å². The fourth-order valence-corrected chi connectivity index (χ4v) is 2.99. The lowest BCUT2D eigenvalue weighted by Crippen LogP contribution is -2.34. The van der Waals surface area contributed by atoms with Crippen molar-refractivity contribution in [1.82, 2.24) is 14.7 Å². The van der Waals surface area contributed by atoms with E-state index in [2.05, 4.69) is 34.7 Å². The second-order valence-corrected chi connectivity index (χ2v) is 6.06. The van der Waals surface area contributed by atoms with Gasteiger partial charge in [0.25, 0.3) is 0 Å². The SMILES string of the molecule is CCCCCN1CCC(CCn2cc(C)cn2)CC1. The minimum Gasteiger partial charge on any atom is -0.303 e. The van der Waals surface area contributed by atoms with Gasteiger partial charge in [-0.05, 0) is 63.7 Å². The summed E-state index contributed by atoms with van der Waals surface area (Å²) >= 11 is 0. The molecule has 3 heteroatoms. The Morgan fingerprint density at radius 3 is 2.63 bits per heavy atom. The molecule has 0 N–H and O–H groups in total. The highest BCUT2D eigenvalue weighted by atomic mass is 15.3. The number of hydrogen-bond donors (Lipinski definition) is 0. The van der Waals surface area contributed by atoms with Crippen molar-refractivity contribution in [3.8, 4) is 0 Å². The van der Waals surface area contributed by atoms with E-state index in [4.69, 9.17) is 0 Å². The normalized spacial score (nSPS) is 18.0. The first-order valence-corrected chi connectivity index (χ1v) is 7.99. The molecule has 19 heavy (non-hydrogen) atoms. The van der Waals surface area contributed by atoms with Crippen molar-refractivity contribution in [2.45, 2.75) is 58.9 Å². The Morgan fingerprint density at radius 2 is 2.00 bits per heavy atom. The molecule has 1 saturated heterocycles. The molecule has 1 aromatic heterocycles. The predicted octanol–water partition coefficient (Wildman–Crippen LogP) is 3.48. The summed E-state index contributed by atoms with van der Waals surface area (Å²) < 4.78 is 2.10. The Bertz CT molecular complexity index is 351. The van der Waals surface area contributed by atoms with Gasteiger partial charge in [-0.3, -0.25) is 4.68 Å². The van der Waals surface area contributed by atoms with Gasteiger partial charge in [-0.15, -0.1) is 0 Å². The van der Waals surface area contributed by atoms with Crippen molar-refractivity contribution in [3.63, 3.8) is 0 Å². The Balaban J connectivity index is 1.60. The van der Waals surface area contributed by atoms with Gasteiger partial charge in [0.05, 0.1) is 6.20 Å². The molecule has 0 aliphatic carbocycles. The summed E-state index contributed by atoms with van der Waals surface area (Å²) in [4.78, 5) is 2.66. The molecule has 108 valence electrons. The highest BCUT2D eigenvalue weighted by Gasteiger charge is 2.18. The number of nitrogens with zero attached hydrogens (tertiary/aromatic N) is 3. The van der Waals surface area contributed by atoms with Gasteiger partial charge >= 0.3 is 0 Å². The van der Waals surface area contributed by atoms with Gasteiger partial charge in [-0.1, -0.05) is 19.8 Å². The van der Waals surface area contributed by atoms with Gasteiger partial charge < -0.3 is 4.90 Å².